The van der Waals surface area contributed by atoms with Gasteiger partial charge in [-0.1, -0.05) is 0 Å². The number of Topliss-reactive ketones (excluding diaryl/α,β-unsaturated/α-hetero) is 2. The summed E-state index contributed by atoms with van der Waals surface area (Å²) in [4.78, 5) is 37.3. The molecule has 0 N–H and O–H groups in total. The Morgan fingerprint density at radius 3 is 2.62 bits per heavy atom. The van der Waals surface area contributed by atoms with E-state index in [1.165, 1.54) is 0 Å². The van der Waals surface area contributed by atoms with Crippen molar-refractivity contribution < 1.29 is 23.5 Å². The second kappa shape index (κ2) is 5.20. The van der Waals surface area contributed by atoms with Crippen molar-refractivity contribution in [1.82, 2.24) is 4.98 Å². The van der Waals surface area contributed by atoms with E-state index >= 15 is 0 Å². The van der Waals surface area contributed by atoms with Crippen LogP contribution in [0.5, 0.6) is 0 Å². The first kappa shape index (κ1) is 12.1. The minimum Gasteiger partial charge on any atom is -0.460 e. The first-order chi connectivity index (χ1) is 7.56. The van der Waals surface area contributed by atoms with Crippen LogP contribution in [0.3, 0.4) is 0 Å². The first-order valence-corrected chi connectivity index (χ1v) is 4.69. The van der Waals surface area contributed by atoms with Gasteiger partial charge in [0.2, 0.25) is 11.6 Å². The highest BCUT2D eigenvalue weighted by Gasteiger charge is 2.23. The Labute approximate surface area is 91.6 Å². The Bertz CT molecular complexity index is 421. The van der Waals surface area contributed by atoms with E-state index in [9.17, 15) is 14.4 Å². The van der Waals surface area contributed by atoms with Crippen molar-refractivity contribution in [2.75, 3.05) is 6.61 Å². The molecule has 0 fully saturated rings. The van der Waals surface area contributed by atoms with Crippen LogP contribution in [0.2, 0.25) is 0 Å². The van der Waals surface area contributed by atoms with Crippen molar-refractivity contribution in [3.05, 3.63) is 17.8 Å². The van der Waals surface area contributed by atoms with Crippen molar-refractivity contribution in [1.29, 1.82) is 0 Å². The molecular weight excluding hydrogens is 214 g/mol. The van der Waals surface area contributed by atoms with E-state index in [4.69, 9.17) is 4.42 Å². The van der Waals surface area contributed by atoms with Crippen molar-refractivity contribution in [2.45, 2.75) is 20.3 Å². The zero-order valence-electron chi connectivity index (χ0n) is 8.98. The summed E-state index contributed by atoms with van der Waals surface area (Å²) in [5, 5.41) is 0. The number of carbonyl (C=O) groups is 3. The number of ether oxygens (including phenoxy) is 1. The topological polar surface area (TPSA) is 86.5 Å². The molecule has 0 aliphatic rings. The predicted octanol–water partition coefficient (Wildman–Crippen LogP) is 0.688. The highest BCUT2D eigenvalue weighted by atomic mass is 16.5. The predicted molar refractivity (Wildman–Crippen MR) is 51.8 cm³/mol. The lowest BCUT2D eigenvalue weighted by Crippen LogP contribution is -2.20. The fourth-order valence-corrected chi connectivity index (χ4v) is 1.08. The van der Waals surface area contributed by atoms with E-state index in [-0.39, 0.29) is 12.4 Å². The minimum atomic E-state index is -1.01. The van der Waals surface area contributed by atoms with Crippen molar-refractivity contribution in [3.8, 4) is 0 Å². The van der Waals surface area contributed by atoms with E-state index in [0.29, 0.717) is 5.69 Å². The number of hydrogen-bond acceptors (Lipinski definition) is 6. The van der Waals surface area contributed by atoms with Crippen LogP contribution < -0.4 is 0 Å². The molecule has 1 aromatic heterocycles. The minimum absolute atomic E-state index is 0.00218. The van der Waals surface area contributed by atoms with Crippen LogP contribution in [-0.2, 0) is 14.3 Å². The summed E-state index contributed by atoms with van der Waals surface area (Å²) in [7, 11) is 0. The van der Waals surface area contributed by atoms with E-state index in [1.54, 1.807) is 13.8 Å². The van der Waals surface area contributed by atoms with Gasteiger partial charge in [-0.2, -0.15) is 0 Å². The van der Waals surface area contributed by atoms with Crippen LogP contribution in [-0.4, -0.2) is 29.1 Å². The molecule has 0 radical (unpaired) electrons. The molecule has 1 rings (SSSR count). The number of ketones is 2. The molecule has 86 valence electrons. The number of nitrogens with zero attached hydrogens (tertiary/aromatic N) is 1. The van der Waals surface area contributed by atoms with Gasteiger partial charge >= 0.3 is 5.97 Å². The number of hydrogen-bond donors (Lipinski definition) is 0. The van der Waals surface area contributed by atoms with Crippen LogP contribution >= 0.6 is 0 Å². The average Bonchev–Trinajstić information content (AvgIpc) is 2.64. The van der Waals surface area contributed by atoms with Gasteiger partial charge in [0.1, 0.15) is 0 Å². The molecule has 6 heteroatoms. The summed E-state index contributed by atoms with van der Waals surface area (Å²) in [6.45, 7) is 3.25. The zero-order chi connectivity index (χ0) is 12.1. The summed E-state index contributed by atoms with van der Waals surface area (Å²) in [5.41, 5.74) is 0.390. The van der Waals surface area contributed by atoms with Gasteiger partial charge in [0.25, 0.3) is 0 Å². The third-order valence-corrected chi connectivity index (χ3v) is 1.82. The van der Waals surface area contributed by atoms with Crippen LogP contribution in [0.25, 0.3) is 0 Å². The smallest absolute Gasteiger partial charge is 0.375 e. The largest absolute Gasteiger partial charge is 0.460 e. The van der Waals surface area contributed by atoms with Crippen molar-refractivity contribution in [3.63, 3.8) is 0 Å². The summed E-state index contributed by atoms with van der Waals surface area (Å²) >= 11 is 0. The number of esters is 1. The van der Waals surface area contributed by atoms with Crippen LogP contribution in [0.4, 0.5) is 0 Å². The molecular formula is C10H11NO5. The van der Waals surface area contributed by atoms with Gasteiger partial charge in [0, 0.05) is 0 Å². The molecule has 0 aromatic carbocycles. The summed E-state index contributed by atoms with van der Waals surface area (Å²) in [5.74, 6) is -2.47. The Morgan fingerprint density at radius 2 is 2.12 bits per heavy atom. The van der Waals surface area contributed by atoms with E-state index in [2.05, 4.69) is 9.72 Å². The van der Waals surface area contributed by atoms with E-state index in [0.717, 1.165) is 6.39 Å². The zero-order valence-corrected chi connectivity index (χ0v) is 8.98. The lowest BCUT2D eigenvalue weighted by Gasteiger charge is -1.99. The van der Waals surface area contributed by atoms with E-state index < -0.39 is 24.0 Å². The highest BCUT2D eigenvalue weighted by Crippen LogP contribution is 2.08. The van der Waals surface area contributed by atoms with Crippen molar-refractivity contribution in [2.24, 2.45) is 0 Å². The number of aryl methyl sites for hydroxylation is 1. The molecule has 0 saturated heterocycles. The third kappa shape index (κ3) is 2.75. The Balaban J connectivity index is 2.62. The van der Waals surface area contributed by atoms with Gasteiger partial charge in [-0.25, -0.2) is 9.78 Å². The maximum Gasteiger partial charge on any atom is 0.375 e. The van der Waals surface area contributed by atoms with Gasteiger partial charge in [-0.3, -0.25) is 9.59 Å². The van der Waals surface area contributed by atoms with E-state index in [1.807, 2.05) is 0 Å². The van der Waals surface area contributed by atoms with Crippen LogP contribution in [0.15, 0.2) is 10.8 Å². The molecule has 6 nitrogen and oxygen atoms in total. The third-order valence-electron chi connectivity index (χ3n) is 1.82. The summed E-state index contributed by atoms with van der Waals surface area (Å²) < 4.78 is 9.27. The summed E-state index contributed by atoms with van der Waals surface area (Å²) in [6.07, 6.45) is 0.548. The molecule has 0 bridgehead atoms. The standard InChI is InChI=1S/C10H11NO5/c1-3-15-10(14)8(13)4-7(12)9-6(2)11-5-16-9/h5H,3-4H2,1-2H3. The Hall–Kier alpha value is -1.98. The monoisotopic (exact) mass is 225 g/mol. The SMILES string of the molecule is CCOC(=O)C(=O)CC(=O)c1ocnc1C. The quantitative estimate of drug-likeness (QED) is 0.317. The van der Waals surface area contributed by atoms with Gasteiger partial charge in [-0.15, -0.1) is 0 Å². The van der Waals surface area contributed by atoms with Crippen LogP contribution in [0, 0.1) is 6.92 Å². The number of carbonyl (C=O) groups excluding carboxylic acids is 3. The fourth-order valence-electron chi connectivity index (χ4n) is 1.08. The molecule has 0 spiro atoms. The molecule has 0 unspecified atom stereocenters. The molecule has 1 aromatic rings. The Morgan fingerprint density at radius 1 is 1.44 bits per heavy atom. The molecule has 0 aliphatic carbocycles. The van der Waals surface area contributed by atoms with Gasteiger partial charge in [-0.05, 0) is 13.8 Å². The van der Waals surface area contributed by atoms with Gasteiger partial charge < -0.3 is 9.15 Å². The van der Waals surface area contributed by atoms with Gasteiger partial charge in [0.15, 0.2) is 12.2 Å². The number of rotatable bonds is 5. The second-order valence-electron chi connectivity index (χ2n) is 3.01. The normalized spacial score (nSPS) is 9.88. The molecule has 0 aliphatic heterocycles. The first-order valence-electron chi connectivity index (χ1n) is 4.69. The number of aromatic nitrogens is 1. The molecule has 1 heterocycles. The fraction of sp³-hybridized carbons (Fsp3) is 0.400. The maximum atomic E-state index is 11.5. The maximum absolute atomic E-state index is 11.5. The average molecular weight is 225 g/mol. The molecule has 16 heavy (non-hydrogen) atoms. The Kier molecular flexibility index (Phi) is 3.93. The number of oxazole rings is 1. The molecule has 0 saturated carbocycles. The van der Waals surface area contributed by atoms with Gasteiger partial charge in [0.05, 0.1) is 18.7 Å². The highest BCUT2D eigenvalue weighted by molar-refractivity contribution is 6.38. The van der Waals surface area contributed by atoms with Crippen molar-refractivity contribution >= 4 is 17.5 Å². The second-order valence-corrected chi connectivity index (χ2v) is 3.01. The molecule has 0 atom stereocenters. The lowest BCUT2D eigenvalue weighted by atomic mass is 10.1. The lowest BCUT2D eigenvalue weighted by molar-refractivity contribution is -0.153. The molecule has 0 amide bonds. The van der Waals surface area contributed by atoms with Crippen LogP contribution in [0.1, 0.15) is 29.6 Å². The summed E-state index contributed by atoms with van der Waals surface area (Å²) in [6, 6.07) is 0.